The molecule has 1 aliphatic rings. The van der Waals surface area contributed by atoms with Crippen LogP contribution in [0.3, 0.4) is 0 Å². The first-order valence-corrected chi connectivity index (χ1v) is 5.52. The van der Waals surface area contributed by atoms with Crippen LogP contribution in [0.1, 0.15) is 12.0 Å². The Kier molecular flexibility index (Phi) is 3.57. The van der Waals surface area contributed by atoms with Crippen molar-refractivity contribution in [1.29, 1.82) is 0 Å². The molecule has 1 fully saturated rings. The summed E-state index contributed by atoms with van der Waals surface area (Å²) in [5, 5.41) is 7.04. The van der Waals surface area contributed by atoms with Crippen molar-refractivity contribution in [1.82, 2.24) is 10.6 Å². The van der Waals surface area contributed by atoms with E-state index >= 15 is 0 Å². The molecule has 1 heterocycles. The van der Waals surface area contributed by atoms with E-state index in [0.29, 0.717) is 23.2 Å². The molecule has 1 saturated heterocycles. The Morgan fingerprint density at radius 2 is 2.40 bits per heavy atom. The molecule has 1 aromatic rings. The fourth-order valence-electron chi connectivity index (χ4n) is 1.78. The van der Waals surface area contributed by atoms with E-state index in [1.165, 1.54) is 6.07 Å². The first kappa shape index (κ1) is 10.9. The molecule has 0 saturated carbocycles. The SMILES string of the molecule is Fc1cccc(Cl)c1CNC1CCNC1. The van der Waals surface area contributed by atoms with E-state index < -0.39 is 0 Å². The zero-order valence-electron chi connectivity index (χ0n) is 8.39. The van der Waals surface area contributed by atoms with E-state index in [9.17, 15) is 4.39 Å². The molecule has 1 unspecified atom stereocenters. The van der Waals surface area contributed by atoms with Gasteiger partial charge in [0.1, 0.15) is 5.82 Å². The number of benzene rings is 1. The molecule has 0 aromatic heterocycles. The quantitative estimate of drug-likeness (QED) is 0.826. The standard InChI is InChI=1S/C11H14ClFN2/c12-10-2-1-3-11(13)9(10)7-15-8-4-5-14-6-8/h1-3,8,14-15H,4-7H2. The largest absolute Gasteiger partial charge is 0.315 e. The molecule has 0 aliphatic carbocycles. The summed E-state index contributed by atoms with van der Waals surface area (Å²) in [6, 6.07) is 5.21. The third kappa shape index (κ3) is 2.68. The molecule has 1 aromatic carbocycles. The van der Waals surface area contributed by atoms with Crippen molar-refractivity contribution in [3.8, 4) is 0 Å². The van der Waals surface area contributed by atoms with Gasteiger partial charge < -0.3 is 10.6 Å². The van der Waals surface area contributed by atoms with E-state index in [1.807, 2.05) is 0 Å². The smallest absolute Gasteiger partial charge is 0.129 e. The van der Waals surface area contributed by atoms with E-state index in [-0.39, 0.29) is 5.82 Å². The van der Waals surface area contributed by atoms with Gasteiger partial charge in [-0.3, -0.25) is 0 Å². The van der Waals surface area contributed by atoms with Crippen LogP contribution in [0.25, 0.3) is 0 Å². The fraction of sp³-hybridized carbons (Fsp3) is 0.455. The van der Waals surface area contributed by atoms with E-state index in [1.54, 1.807) is 12.1 Å². The average molecular weight is 229 g/mol. The molecule has 2 N–H and O–H groups in total. The zero-order valence-corrected chi connectivity index (χ0v) is 9.15. The molecule has 0 amide bonds. The van der Waals surface area contributed by atoms with Gasteiger partial charge in [-0.15, -0.1) is 0 Å². The highest BCUT2D eigenvalue weighted by Gasteiger charge is 2.15. The van der Waals surface area contributed by atoms with Crippen molar-refractivity contribution < 1.29 is 4.39 Å². The second-order valence-corrected chi connectivity index (χ2v) is 4.18. The molecule has 0 radical (unpaired) electrons. The first-order valence-electron chi connectivity index (χ1n) is 5.14. The van der Waals surface area contributed by atoms with Gasteiger partial charge in [0.2, 0.25) is 0 Å². The molecular weight excluding hydrogens is 215 g/mol. The van der Waals surface area contributed by atoms with Gasteiger partial charge in [0, 0.05) is 29.7 Å². The van der Waals surface area contributed by atoms with E-state index in [0.717, 1.165) is 19.5 Å². The van der Waals surface area contributed by atoms with Crippen molar-refractivity contribution in [3.05, 3.63) is 34.6 Å². The summed E-state index contributed by atoms with van der Waals surface area (Å²) >= 11 is 5.92. The minimum Gasteiger partial charge on any atom is -0.315 e. The highest BCUT2D eigenvalue weighted by molar-refractivity contribution is 6.31. The van der Waals surface area contributed by atoms with Gasteiger partial charge in [-0.2, -0.15) is 0 Å². The lowest BCUT2D eigenvalue weighted by molar-refractivity contribution is 0.527. The van der Waals surface area contributed by atoms with Gasteiger partial charge in [0.15, 0.2) is 0 Å². The first-order chi connectivity index (χ1) is 7.27. The van der Waals surface area contributed by atoms with Crippen molar-refractivity contribution in [2.24, 2.45) is 0 Å². The topological polar surface area (TPSA) is 24.1 Å². The van der Waals surface area contributed by atoms with Gasteiger partial charge in [-0.1, -0.05) is 17.7 Å². The Hall–Kier alpha value is -0.640. The molecule has 2 rings (SSSR count). The summed E-state index contributed by atoms with van der Waals surface area (Å²) in [6.07, 6.45) is 1.09. The normalized spacial score (nSPS) is 20.8. The Bertz CT molecular complexity index is 317. The molecular formula is C11H14ClFN2. The second-order valence-electron chi connectivity index (χ2n) is 3.77. The lowest BCUT2D eigenvalue weighted by Crippen LogP contribution is -2.30. The summed E-state index contributed by atoms with van der Waals surface area (Å²) in [6.45, 7) is 2.48. The average Bonchev–Trinajstić information content (AvgIpc) is 2.70. The van der Waals surface area contributed by atoms with Gasteiger partial charge in [0.05, 0.1) is 0 Å². The molecule has 2 nitrogen and oxygen atoms in total. The predicted octanol–water partition coefficient (Wildman–Crippen LogP) is 1.93. The monoisotopic (exact) mass is 228 g/mol. The predicted molar refractivity (Wildman–Crippen MR) is 59.5 cm³/mol. The number of nitrogens with one attached hydrogen (secondary N) is 2. The van der Waals surface area contributed by atoms with Crippen molar-refractivity contribution in [2.75, 3.05) is 13.1 Å². The van der Waals surface area contributed by atoms with Gasteiger partial charge in [0.25, 0.3) is 0 Å². The second kappa shape index (κ2) is 4.92. The molecule has 15 heavy (non-hydrogen) atoms. The Labute approximate surface area is 93.8 Å². The highest BCUT2D eigenvalue weighted by atomic mass is 35.5. The number of halogens is 2. The van der Waals surface area contributed by atoms with Crippen molar-refractivity contribution in [2.45, 2.75) is 19.0 Å². The minimum absolute atomic E-state index is 0.235. The summed E-state index contributed by atoms with van der Waals surface area (Å²) in [4.78, 5) is 0. The van der Waals surface area contributed by atoms with Crippen LogP contribution in [0.4, 0.5) is 4.39 Å². The number of rotatable bonds is 3. The van der Waals surface area contributed by atoms with Crippen LogP contribution in [0.2, 0.25) is 5.02 Å². The van der Waals surface area contributed by atoms with Crippen LogP contribution < -0.4 is 10.6 Å². The lowest BCUT2D eigenvalue weighted by atomic mass is 10.2. The summed E-state index contributed by atoms with van der Waals surface area (Å²) < 4.78 is 13.4. The number of hydrogen-bond acceptors (Lipinski definition) is 2. The third-order valence-electron chi connectivity index (χ3n) is 2.69. The maximum absolute atomic E-state index is 13.4. The maximum Gasteiger partial charge on any atom is 0.129 e. The van der Waals surface area contributed by atoms with Gasteiger partial charge in [-0.25, -0.2) is 4.39 Å². The Balaban J connectivity index is 1.97. The van der Waals surface area contributed by atoms with Crippen LogP contribution in [-0.2, 0) is 6.54 Å². The number of hydrogen-bond donors (Lipinski definition) is 2. The van der Waals surface area contributed by atoms with Crippen molar-refractivity contribution in [3.63, 3.8) is 0 Å². The molecule has 1 atom stereocenters. The van der Waals surface area contributed by atoms with E-state index in [4.69, 9.17) is 11.6 Å². The third-order valence-corrected chi connectivity index (χ3v) is 3.04. The van der Waals surface area contributed by atoms with Crippen LogP contribution in [0.15, 0.2) is 18.2 Å². The van der Waals surface area contributed by atoms with Crippen LogP contribution in [-0.4, -0.2) is 19.1 Å². The van der Waals surface area contributed by atoms with Crippen LogP contribution in [0, 0.1) is 5.82 Å². The molecule has 0 spiro atoms. The van der Waals surface area contributed by atoms with E-state index in [2.05, 4.69) is 10.6 Å². The maximum atomic E-state index is 13.4. The van der Waals surface area contributed by atoms with Crippen LogP contribution >= 0.6 is 11.6 Å². The Morgan fingerprint density at radius 3 is 3.07 bits per heavy atom. The van der Waals surface area contributed by atoms with Crippen LogP contribution in [0.5, 0.6) is 0 Å². The zero-order chi connectivity index (χ0) is 10.7. The summed E-state index contributed by atoms with van der Waals surface area (Å²) in [5.41, 5.74) is 0.561. The fourth-order valence-corrected chi connectivity index (χ4v) is 2.01. The summed E-state index contributed by atoms with van der Waals surface area (Å²) in [5.74, 6) is -0.235. The molecule has 1 aliphatic heterocycles. The van der Waals surface area contributed by atoms with Gasteiger partial charge in [-0.05, 0) is 25.1 Å². The highest BCUT2D eigenvalue weighted by Crippen LogP contribution is 2.18. The minimum atomic E-state index is -0.235. The van der Waals surface area contributed by atoms with Gasteiger partial charge >= 0.3 is 0 Å². The van der Waals surface area contributed by atoms with Crippen molar-refractivity contribution >= 4 is 11.6 Å². The lowest BCUT2D eigenvalue weighted by Gasteiger charge is -2.12. The summed E-state index contributed by atoms with van der Waals surface area (Å²) in [7, 11) is 0. The Morgan fingerprint density at radius 1 is 1.53 bits per heavy atom. The molecule has 0 bridgehead atoms. The molecule has 4 heteroatoms. The molecule has 82 valence electrons.